The van der Waals surface area contributed by atoms with Crippen molar-refractivity contribution in [3.05, 3.63) is 34.2 Å². The second-order valence-corrected chi connectivity index (χ2v) is 13.8. The number of benzene rings is 1. The largest absolute Gasteiger partial charge is 0.541 e. The molecule has 0 amide bonds. The van der Waals surface area contributed by atoms with Gasteiger partial charge in [0.15, 0.2) is 5.82 Å². The number of allylic oxidation sites excluding steroid dienone is 2. The van der Waals surface area contributed by atoms with Crippen molar-refractivity contribution in [2.75, 3.05) is 14.2 Å². The van der Waals surface area contributed by atoms with Crippen LogP contribution in [0, 0.1) is 19.7 Å². The van der Waals surface area contributed by atoms with Gasteiger partial charge in [0.25, 0.3) is 8.32 Å². The Bertz CT molecular complexity index is 776. The van der Waals surface area contributed by atoms with Crippen molar-refractivity contribution in [3.63, 3.8) is 0 Å². The van der Waals surface area contributed by atoms with Gasteiger partial charge < -0.3 is 13.9 Å². The minimum atomic E-state index is -2.25. The summed E-state index contributed by atoms with van der Waals surface area (Å²) in [4.78, 5) is 11.4. The van der Waals surface area contributed by atoms with E-state index in [1.807, 2.05) is 19.9 Å². The van der Waals surface area contributed by atoms with Crippen molar-refractivity contribution < 1.29 is 23.1 Å². The zero-order chi connectivity index (χ0) is 22.6. The lowest BCUT2D eigenvalue weighted by Crippen LogP contribution is -2.44. The van der Waals surface area contributed by atoms with Crippen LogP contribution in [-0.2, 0) is 16.0 Å². The molecular formula is C23H37FO4Si. The lowest BCUT2D eigenvalue weighted by Gasteiger charge is -2.37. The molecule has 0 N–H and O–H groups in total. The molecule has 0 aromatic heterocycles. The number of methoxy groups -OCH3 is 2. The van der Waals surface area contributed by atoms with Crippen LogP contribution in [0.1, 0.15) is 57.2 Å². The van der Waals surface area contributed by atoms with E-state index in [9.17, 15) is 4.79 Å². The molecule has 1 rings (SSSR count). The van der Waals surface area contributed by atoms with Gasteiger partial charge in [-0.15, -0.1) is 0 Å². The Labute approximate surface area is 176 Å². The van der Waals surface area contributed by atoms with Crippen LogP contribution in [0.5, 0.6) is 11.5 Å². The van der Waals surface area contributed by atoms with Crippen molar-refractivity contribution in [1.29, 1.82) is 0 Å². The van der Waals surface area contributed by atoms with Gasteiger partial charge in [-0.25, -0.2) is 4.39 Å². The summed E-state index contributed by atoms with van der Waals surface area (Å²) in [6.45, 7) is 16.2. The van der Waals surface area contributed by atoms with Crippen LogP contribution < -0.4 is 9.16 Å². The van der Waals surface area contributed by atoms with Gasteiger partial charge in [0.2, 0.25) is 0 Å². The van der Waals surface area contributed by atoms with E-state index in [1.54, 1.807) is 14.0 Å². The van der Waals surface area contributed by atoms with E-state index < -0.39 is 8.32 Å². The van der Waals surface area contributed by atoms with Crippen molar-refractivity contribution in [3.8, 4) is 11.5 Å². The van der Waals surface area contributed by atoms with Gasteiger partial charge in [-0.3, -0.25) is 4.79 Å². The highest BCUT2D eigenvalue weighted by Crippen LogP contribution is 2.43. The third-order valence-corrected chi connectivity index (χ3v) is 10.3. The number of hydrogen-bond acceptors (Lipinski definition) is 4. The van der Waals surface area contributed by atoms with E-state index in [0.29, 0.717) is 36.3 Å². The molecule has 0 bridgehead atoms. The summed E-state index contributed by atoms with van der Waals surface area (Å²) in [6, 6.07) is 0. The van der Waals surface area contributed by atoms with Crippen molar-refractivity contribution >= 4 is 14.3 Å². The summed E-state index contributed by atoms with van der Waals surface area (Å²) in [5.41, 5.74) is 3.08. The Morgan fingerprint density at radius 1 is 1.07 bits per heavy atom. The maximum atomic E-state index is 15.3. The van der Waals surface area contributed by atoms with Gasteiger partial charge in [-0.2, -0.15) is 0 Å². The highest BCUT2D eigenvalue weighted by atomic mass is 28.4. The molecule has 0 aliphatic rings. The van der Waals surface area contributed by atoms with Crippen LogP contribution >= 0.6 is 0 Å². The number of hydrogen-bond donors (Lipinski definition) is 0. The first-order chi connectivity index (χ1) is 13.3. The van der Waals surface area contributed by atoms with Gasteiger partial charge in [-0.1, -0.05) is 32.4 Å². The highest BCUT2D eigenvalue weighted by molar-refractivity contribution is 6.74. The average Bonchev–Trinajstić information content (AvgIpc) is 2.64. The Morgan fingerprint density at radius 3 is 2.14 bits per heavy atom. The normalized spacial score (nSPS) is 12.7. The molecule has 0 radical (unpaired) electrons. The van der Waals surface area contributed by atoms with Crippen LogP contribution in [0.4, 0.5) is 4.39 Å². The first kappa shape index (κ1) is 25.2. The fourth-order valence-corrected chi connectivity index (χ4v) is 3.75. The zero-order valence-corrected chi connectivity index (χ0v) is 20.7. The van der Waals surface area contributed by atoms with Gasteiger partial charge in [0.05, 0.1) is 14.2 Å². The SMILES string of the molecule is COC(=O)CC/C(C)=C/Cc1c(OC)c(C)c(C)c(F)c1O[Si](C)(C)C(C)(C)C. The smallest absolute Gasteiger partial charge is 0.305 e. The third-order valence-electron chi connectivity index (χ3n) is 5.95. The van der Waals surface area contributed by atoms with Crippen molar-refractivity contribution in [2.24, 2.45) is 0 Å². The Morgan fingerprint density at radius 2 is 1.66 bits per heavy atom. The Balaban J connectivity index is 3.41. The van der Waals surface area contributed by atoms with E-state index in [0.717, 1.165) is 16.7 Å². The molecular weight excluding hydrogens is 387 g/mol. The second-order valence-electron chi connectivity index (χ2n) is 9.10. The quantitative estimate of drug-likeness (QED) is 0.280. The van der Waals surface area contributed by atoms with Gasteiger partial charge in [0, 0.05) is 12.0 Å². The number of rotatable bonds is 8. The number of carbonyl (C=O) groups excluding carboxylic acids is 1. The summed E-state index contributed by atoms with van der Waals surface area (Å²) >= 11 is 0. The molecule has 1 aromatic rings. The van der Waals surface area contributed by atoms with E-state index in [2.05, 4.69) is 33.9 Å². The molecule has 164 valence electrons. The molecule has 6 heteroatoms. The molecule has 0 fully saturated rings. The number of carbonyl (C=O) groups is 1. The Hall–Kier alpha value is -1.82. The highest BCUT2D eigenvalue weighted by Gasteiger charge is 2.40. The van der Waals surface area contributed by atoms with Crippen LogP contribution in [-0.4, -0.2) is 28.5 Å². The van der Waals surface area contributed by atoms with Crippen molar-refractivity contribution in [1.82, 2.24) is 0 Å². The maximum absolute atomic E-state index is 15.3. The molecule has 0 heterocycles. The van der Waals surface area contributed by atoms with Crippen LogP contribution in [0.25, 0.3) is 0 Å². The molecule has 0 saturated heterocycles. The number of halogens is 1. The van der Waals surface area contributed by atoms with Gasteiger partial charge in [-0.05, 0) is 62.9 Å². The predicted molar refractivity (Wildman–Crippen MR) is 119 cm³/mol. The summed E-state index contributed by atoms with van der Waals surface area (Å²) in [6.07, 6.45) is 3.40. The molecule has 0 aliphatic heterocycles. The molecule has 0 unspecified atom stereocenters. The molecule has 0 spiro atoms. The summed E-state index contributed by atoms with van der Waals surface area (Å²) in [5.74, 6) is 0.404. The molecule has 4 nitrogen and oxygen atoms in total. The standard InChI is InChI=1S/C23H37FO4Si/c1-15(12-14-19(25)26-7)11-13-18-21(27-8)17(3)16(2)20(24)22(18)28-29(9,10)23(4,5)6/h11H,12-14H2,1-10H3/b15-11+. The van der Waals surface area contributed by atoms with E-state index in [1.165, 1.54) is 7.11 Å². The zero-order valence-electron chi connectivity index (χ0n) is 19.7. The summed E-state index contributed by atoms with van der Waals surface area (Å²) in [5, 5.41) is -0.0605. The maximum Gasteiger partial charge on any atom is 0.305 e. The Kier molecular flexibility index (Phi) is 8.51. The van der Waals surface area contributed by atoms with Crippen LogP contribution in [0.15, 0.2) is 11.6 Å². The second kappa shape index (κ2) is 9.79. The molecule has 1 aromatic carbocycles. The first-order valence-electron chi connectivity index (χ1n) is 10.0. The monoisotopic (exact) mass is 424 g/mol. The molecule has 0 atom stereocenters. The number of ether oxygens (including phenoxy) is 2. The van der Waals surface area contributed by atoms with Crippen LogP contribution in [0.3, 0.4) is 0 Å². The van der Waals surface area contributed by atoms with Crippen LogP contribution in [0.2, 0.25) is 18.1 Å². The topological polar surface area (TPSA) is 44.8 Å². The predicted octanol–water partition coefficient (Wildman–Crippen LogP) is 6.28. The van der Waals surface area contributed by atoms with E-state index >= 15 is 4.39 Å². The van der Waals surface area contributed by atoms with Gasteiger partial charge in [0.1, 0.15) is 11.5 Å². The lowest BCUT2D eigenvalue weighted by molar-refractivity contribution is -0.140. The average molecular weight is 425 g/mol. The number of esters is 1. The minimum Gasteiger partial charge on any atom is -0.541 e. The summed E-state index contributed by atoms with van der Waals surface area (Å²) in [7, 11) is 0.735. The van der Waals surface area contributed by atoms with E-state index in [4.69, 9.17) is 13.9 Å². The lowest BCUT2D eigenvalue weighted by atomic mass is 9.98. The minimum absolute atomic E-state index is 0.0605. The fourth-order valence-electron chi connectivity index (χ4n) is 2.72. The first-order valence-corrected chi connectivity index (χ1v) is 12.9. The van der Waals surface area contributed by atoms with E-state index in [-0.39, 0.29) is 16.8 Å². The molecule has 0 saturated carbocycles. The van der Waals surface area contributed by atoms with Crippen molar-refractivity contribution in [2.45, 2.75) is 78.9 Å². The van der Waals surface area contributed by atoms with Gasteiger partial charge >= 0.3 is 5.97 Å². The molecule has 0 aliphatic carbocycles. The summed E-state index contributed by atoms with van der Waals surface area (Å²) < 4.78 is 32.1. The fraction of sp³-hybridized carbons (Fsp3) is 0.609. The molecule has 29 heavy (non-hydrogen) atoms. The third kappa shape index (κ3) is 6.08.